The van der Waals surface area contributed by atoms with Crippen LogP contribution in [0.3, 0.4) is 0 Å². The van der Waals surface area contributed by atoms with Gasteiger partial charge in [0.25, 0.3) is 5.56 Å². The molecule has 136 valence electrons. The molecule has 9 nitrogen and oxygen atoms in total. The van der Waals surface area contributed by atoms with E-state index in [0.717, 1.165) is 48.7 Å². The van der Waals surface area contributed by atoms with E-state index in [1.165, 1.54) is 11.8 Å². The minimum absolute atomic E-state index is 0.141. The number of aromatic amines is 1. The van der Waals surface area contributed by atoms with Crippen molar-refractivity contribution < 1.29 is 4.42 Å². The second kappa shape index (κ2) is 7.34. The summed E-state index contributed by atoms with van der Waals surface area (Å²) in [7, 11) is 1.90. The molecule has 0 radical (unpaired) electrons. The molecule has 1 N–H and O–H groups in total. The van der Waals surface area contributed by atoms with Gasteiger partial charge in [-0.15, -0.1) is 10.2 Å². The van der Waals surface area contributed by atoms with Gasteiger partial charge in [-0.05, 0) is 23.9 Å². The maximum Gasteiger partial charge on any atom is 0.290 e. The number of nitrogens with one attached hydrogen (secondary N) is 1. The van der Waals surface area contributed by atoms with Crippen molar-refractivity contribution in [2.24, 2.45) is 7.05 Å². The van der Waals surface area contributed by atoms with Crippen molar-refractivity contribution in [3.63, 3.8) is 0 Å². The van der Waals surface area contributed by atoms with Crippen LogP contribution in [-0.2, 0) is 13.6 Å². The van der Waals surface area contributed by atoms with Gasteiger partial charge in [0.15, 0.2) is 16.1 Å². The zero-order valence-electron chi connectivity index (χ0n) is 14.3. The van der Waals surface area contributed by atoms with E-state index in [2.05, 4.69) is 25.1 Å². The summed E-state index contributed by atoms with van der Waals surface area (Å²) in [5, 5.41) is 9.50. The summed E-state index contributed by atoms with van der Waals surface area (Å²) in [4.78, 5) is 23.0. The van der Waals surface area contributed by atoms with E-state index in [1.54, 1.807) is 18.7 Å². The summed E-state index contributed by atoms with van der Waals surface area (Å²) < 4.78 is 7.76. The monoisotopic (exact) mass is 373 g/mol. The number of rotatable bonds is 5. The minimum atomic E-state index is -0.141. The predicted octanol–water partition coefficient (Wildman–Crippen LogP) is 0.965. The van der Waals surface area contributed by atoms with Crippen molar-refractivity contribution >= 4 is 17.6 Å². The quantitative estimate of drug-likeness (QED) is 0.707. The number of hydrogen-bond acceptors (Lipinski definition) is 8. The Hall–Kier alpha value is -2.59. The van der Waals surface area contributed by atoms with Crippen LogP contribution in [0.1, 0.15) is 5.76 Å². The van der Waals surface area contributed by atoms with Gasteiger partial charge in [0.2, 0.25) is 0 Å². The molecular formula is C16H19N7O2S. The summed E-state index contributed by atoms with van der Waals surface area (Å²) in [5.74, 6) is 1.41. The molecule has 0 unspecified atom stereocenters. The molecule has 0 atom stereocenters. The van der Waals surface area contributed by atoms with Crippen LogP contribution >= 0.6 is 11.8 Å². The molecule has 26 heavy (non-hydrogen) atoms. The first-order valence-corrected chi connectivity index (χ1v) is 9.12. The number of hydrogen-bond donors (Lipinski definition) is 1. The summed E-state index contributed by atoms with van der Waals surface area (Å²) in [5.41, 5.74) is -0.141. The summed E-state index contributed by atoms with van der Waals surface area (Å²) >= 11 is 1.45. The number of nitrogens with zero attached hydrogens (tertiary/aromatic N) is 6. The fraction of sp³-hybridized carbons (Fsp3) is 0.375. The SMILES string of the molecule is Cn1cnnc1Sc1ccc(CN2CCN(c3ncc[nH]c3=O)CC2)o1. The highest BCUT2D eigenvalue weighted by atomic mass is 32.2. The molecule has 1 fully saturated rings. The van der Waals surface area contributed by atoms with E-state index in [1.807, 2.05) is 28.6 Å². The lowest BCUT2D eigenvalue weighted by molar-refractivity contribution is 0.224. The number of furan rings is 1. The maximum absolute atomic E-state index is 11.8. The zero-order valence-corrected chi connectivity index (χ0v) is 15.1. The number of anilines is 1. The molecule has 4 rings (SSSR count). The highest BCUT2D eigenvalue weighted by Crippen LogP contribution is 2.27. The number of piperazine rings is 1. The van der Waals surface area contributed by atoms with Gasteiger partial charge in [0.05, 0.1) is 6.54 Å². The lowest BCUT2D eigenvalue weighted by atomic mass is 10.3. The average Bonchev–Trinajstić information content (AvgIpc) is 3.26. The molecule has 0 spiro atoms. The van der Waals surface area contributed by atoms with Gasteiger partial charge in [-0.2, -0.15) is 0 Å². The standard InChI is InChI=1S/C16H19N7O2S/c1-21-11-19-20-16(21)26-13-3-2-12(25-13)10-22-6-8-23(9-7-22)14-15(24)18-5-4-17-14/h2-5,11H,6-10H2,1H3,(H,18,24). The van der Waals surface area contributed by atoms with Gasteiger partial charge < -0.3 is 18.9 Å². The molecule has 0 amide bonds. The fourth-order valence-corrected chi connectivity index (χ4v) is 3.60. The first-order valence-electron chi connectivity index (χ1n) is 8.30. The Morgan fingerprint density at radius 3 is 2.85 bits per heavy atom. The Kier molecular flexibility index (Phi) is 4.76. The van der Waals surface area contributed by atoms with E-state index >= 15 is 0 Å². The van der Waals surface area contributed by atoms with Crippen molar-refractivity contribution in [1.82, 2.24) is 29.6 Å². The Morgan fingerprint density at radius 2 is 2.12 bits per heavy atom. The van der Waals surface area contributed by atoms with E-state index in [-0.39, 0.29) is 5.56 Å². The number of aryl methyl sites for hydroxylation is 1. The highest BCUT2D eigenvalue weighted by Gasteiger charge is 2.21. The fourth-order valence-electron chi connectivity index (χ4n) is 2.86. The smallest absolute Gasteiger partial charge is 0.290 e. The molecule has 3 aromatic rings. The first kappa shape index (κ1) is 16.9. The van der Waals surface area contributed by atoms with Crippen molar-refractivity contribution in [3.05, 3.63) is 47.0 Å². The molecular weight excluding hydrogens is 354 g/mol. The molecule has 4 heterocycles. The minimum Gasteiger partial charge on any atom is -0.453 e. The molecule has 1 aliphatic heterocycles. The molecule has 0 saturated carbocycles. The van der Waals surface area contributed by atoms with Crippen molar-refractivity contribution in [2.45, 2.75) is 16.8 Å². The van der Waals surface area contributed by atoms with E-state index in [4.69, 9.17) is 4.42 Å². The Labute approximate surface area is 154 Å². The number of aromatic nitrogens is 5. The van der Waals surface area contributed by atoms with Crippen LogP contribution in [0.15, 0.2) is 50.3 Å². The van der Waals surface area contributed by atoms with Gasteiger partial charge in [0.1, 0.15) is 12.1 Å². The van der Waals surface area contributed by atoms with Crippen LogP contribution in [-0.4, -0.2) is 55.8 Å². The maximum atomic E-state index is 11.8. The lowest BCUT2D eigenvalue weighted by Crippen LogP contribution is -2.47. The van der Waals surface area contributed by atoms with E-state index in [0.29, 0.717) is 5.82 Å². The third-order valence-corrected chi connectivity index (χ3v) is 5.21. The summed E-state index contributed by atoms with van der Waals surface area (Å²) in [6, 6.07) is 3.95. The molecule has 3 aromatic heterocycles. The van der Waals surface area contributed by atoms with Gasteiger partial charge >= 0.3 is 0 Å². The number of H-pyrrole nitrogens is 1. The van der Waals surface area contributed by atoms with Crippen LogP contribution in [0.25, 0.3) is 0 Å². The second-order valence-electron chi connectivity index (χ2n) is 6.05. The van der Waals surface area contributed by atoms with Crippen LogP contribution in [0.5, 0.6) is 0 Å². The van der Waals surface area contributed by atoms with Gasteiger partial charge in [-0.25, -0.2) is 4.98 Å². The summed E-state index contributed by atoms with van der Waals surface area (Å²) in [6.07, 6.45) is 4.83. The van der Waals surface area contributed by atoms with Crippen molar-refractivity contribution in [1.29, 1.82) is 0 Å². The Balaban J connectivity index is 1.33. The van der Waals surface area contributed by atoms with Crippen LogP contribution in [0, 0.1) is 0 Å². The molecule has 0 aliphatic carbocycles. The van der Waals surface area contributed by atoms with E-state index < -0.39 is 0 Å². The third kappa shape index (κ3) is 3.65. The molecule has 1 saturated heterocycles. The topological polar surface area (TPSA) is 96.1 Å². The van der Waals surface area contributed by atoms with Crippen LogP contribution in [0.2, 0.25) is 0 Å². The van der Waals surface area contributed by atoms with E-state index in [9.17, 15) is 4.79 Å². The Bertz CT molecular complexity index is 926. The van der Waals surface area contributed by atoms with Crippen molar-refractivity contribution in [2.75, 3.05) is 31.1 Å². The predicted molar refractivity (Wildman–Crippen MR) is 96.2 cm³/mol. The molecule has 10 heteroatoms. The lowest BCUT2D eigenvalue weighted by Gasteiger charge is -2.34. The highest BCUT2D eigenvalue weighted by molar-refractivity contribution is 7.99. The molecule has 1 aliphatic rings. The normalized spacial score (nSPS) is 15.5. The Morgan fingerprint density at radius 1 is 1.27 bits per heavy atom. The first-order chi connectivity index (χ1) is 12.7. The third-order valence-electron chi connectivity index (χ3n) is 4.24. The largest absolute Gasteiger partial charge is 0.453 e. The van der Waals surface area contributed by atoms with Gasteiger partial charge in [-0.1, -0.05) is 0 Å². The van der Waals surface area contributed by atoms with Gasteiger partial charge in [0, 0.05) is 45.6 Å². The summed E-state index contributed by atoms with van der Waals surface area (Å²) in [6.45, 7) is 3.97. The zero-order chi connectivity index (χ0) is 17.9. The molecule has 0 aromatic carbocycles. The van der Waals surface area contributed by atoms with Crippen LogP contribution < -0.4 is 10.5 Å². The average molecular weight is 373 g/mol. The second-order valence-corrected chi connectivity index (χ2v) is 7.02. The van der Waals surface area contributed by atoms with Crippen molar-refractivity contribution in [3.8, 4) is 0 Å². The van der Waals surface area contributed by atoms with Crippen LogP contribution in [0.4, 0.5) is 5.82 Å². The van der Waals surface area contributed by atoms with Gasteiger partial charge in [-0.3, -0.25) is 9.69 Å². The molecule has 0 bridgehead atoms.